The van der Waals surface area contributed by atoms with Crippen molar-refractivity contribution >= 4 is 17.2 Å². The molecule has 1 aromatic heterocycles. The maximum atomic E-state index is 12.1. The molecule has 2 heterocycles. The van der Waals surface area contributed by atoms with Crippen molar-refractivity contribution in [2.24, 2.45) is 0 Å². The van der Waals surface area contributed by atoms with Crippen LogP contribution < -0.4 is 5.32 Å². The van der Waals surface area contributed by atoms with Gasteiger partial charge in [-0.25, -0.2) is 0 Å². The molecule has 2 unspecified atom stereocenters. The fourth-order valence-corrected chi connectivity index (χ4v) is 3.13. The molecule has 17 heavy (non-hydrogen) atoms. The number of carbonyl (C=O) groups is 1. The minimum atomic E-state index is -0.0562. The number of hydrogen-bond acceptors (Lipinski definition) is 3. The molecule has 1 aromatic rings. The Balaban J connectivity index is 2.16. The molecule has 0 saturated carbocycles. The Morgan fingerprint density at radius 2 is 2.24 bits per heavy atom. The largest absolute Gasteiger partial charge is 0.321 e. The molecule has 94 valence electrons. The molecule has 1 N–H and O–H groups in total. The fourth-order valence-electron chi connectivity index (χ4n) is 2.18. The predicted octanol–water partition coefficient (Wildman–Crippen LogP) is 2.68. The van der Waals surface area contributed by atoms with Crippen LogP contribution in [0.25, 0.3) is 0 Å². The number of nitrogens with zero attached hydrogens (tertiary/aromatic N) is 1. The third-order valence-electron chi connectivity index (χ3n) is 3.16. The molecule has 0 aliphatic carbocycles. The molecule has 1 aliphatic heterocycles. The molecule has 1 amide bonds. The zero-order valence-electron chi connectivity index (χ0n) is 10.7. The van der Waals surface area contributed by atoms with E-state index in [0.717, 1.165) is 19.4 Å². The van der Waals surface area contributed by atoms with E-state index in [2.05, 4.69) is 31.3 Å². The van der Waals surface area contributed by atoms with Gasteiger partial charge in [-0.3, -0.25) is 10.1 Å². The highest BCUT2D eigenvalue weighted by atomic mass is 32.1. The highest BCUT2D eigenvalue weighted by Crippen LogP contribution is 2.30. The topological polar surface area (TPSA) is 32.3 Å². The van der Waals surface area contributed by atoms with Gasteiger partial charge < -0.3 is 4.90 Å². The lowest BCUT2D eigenvalue weighted by molar-refractivity contribution is -0.129. The first-order chi connectivity index (χ1) is 8.13. The number of unbranched alkanes of at least 4 members (excludes halogenated alkanes) is 1. The summed E-state index contributed by atoms with van der Waals surface area (Å²) in [6.45, 7) is 7.06. The minimum absolute atomic E-state index is 0.0562. The van der Waals surface area contributed by atoms with Gasteiger partial charge >= 0.3 is 0 Å². The number of thiophene rings is 1. The lowest BCUT2D eigenvalue weighted by Gasteiger charge is -2.23. The second kappa shape index (κ2) is 5.19. The van der Waals surface area contributed by atoms with E-state index in [0.29, 0.717) is 0 Å². The molecule has 2 atom stereocenters. The summed E-state index contributed by atoms with van der Waals surface area (Å²) < 4.78 is 0. The summed E-state index contributed by atoms with van der Waals surface area (Å²) in [6.07, 6.45) is 2.28. The number of carbonyl (C=O) groups excluding carboxylic acids is 1. The van der Waals surface area contributed by atoms with E-state index in [1.807, 2.05) is 11.8 Å². The van der Waals surface area contributed by atoms with Crippen LogP contribution in [0.5, 0.6) is 0 Å². The van der Waals surface area contributed by atoms with Crippen molar-refractivity contribution in [3.8, 4) is 0 Å². The molecule has 0 aromatic carbocycles. The van der Waals surface area contributed by atoms with E-state index >= 15 is 0 Å². The van der Waals surface area contributed by atoms with Crippen molar-refractivity contribution < 1.29 is 4.79 Å². The second-order valence-electron chi connectivity index (χ2n) is 4.62. The second-order valence-corrected chi connectivity index (χ2v) is 5.94. The number of hydrogen-bond donors (Lipinski definition) is 1. The number of amides is 1. The smallest absolute Gasteiger partial charge is 0.241 e. The van der Waals surface area contributed by atoms with Crippen molar-refractivity contribution in [3.05, 3.63) is 21.9 Å². The van der Waals surface area contributed by atoms with Crippen molar-refractivity contribution in [3.63, 3.8) is 0 Å². The van der Waals surface area contributed by atoms with Crippen LogP contribution in [0, 0.1) is 6.92 Å². The van der Waals surface area contributed by atoms with Crippen LogP contribution in [-0.4, -0.2) is 23.4 Å². The average molecular weight is 252 g/mol. The van der Waals surface area contributed by atoms with Gasteiger partial charge in [-0.2, -0.15) is 0 Å². The van der Waals surface area contributed by atoms with Crippen molar-refractivity contribution in [2.45, 2.75) is 45.8 Å². The maximum absolute atomic E-state index is 12.1. The Hall–Kier alpha value is -0.870. The predicted molar refractivity (Wildman–Crippen MR) is 71.0 cm³/mol. The molecule has 1 aliphatic rings. The first-order valence-corrected chi connectivity index (χ1v) is 7.08. The van der Waals surface area contributed by atoms with Crippen molar-refractivity contribution in [1.82, 2.24) is 10.2 Å². The molecule has 0 bridgehead atoms. The molecule has 0 spiro atoms. The zero-order valence-corrected chi connectivity index (χ0v) is 11.5. The van der Waals surface area contributed by atoms with Crippen LogP contribution in [0.15, 0.2) is 12.1 Å². The van der Waals surface area contributed by atoms with E-state index in [9.17, 15) is 4.79 Å². The summed E-state index contributed by atoms with van der Waals surface area (Å²) in [5.74, 6) is 0.231. The average Bonchev–Trinajstić information content (AvgIpc) is 2.83. The van der Waals surface area contributed by atoms with Gasteiger partial charge in [-0.15, -0.1) is 11.3 Å². The first kappa shape index (κ1) is 12.6. The fraction of sp³-hybridized carbons (Fsp3) is 0.615. The SMILES string of the molecule is CCCCN1C(=O)C(C)NC1c1ccc(C)s1. The van der Waals surface area contributed by atoms with Gasteiger partial charge in [0.2, 0.25) is 5.91 Å². The van der Waals surface area contributed by atoms with Crippen LogP contribution in [0.3, 0.4) is 0 Å². The lowest BCUT2D eigenvalue weighted by atomic mass is 10.3. The molecular weight excluding hydrogens is 232 g/mol. The molecular formula is C13H20N2OS. The molecule has 0 radical (unpaired) electrons. The van der Waals surface area contributed by atoms with Gasteiger partial charge in [0.05, 0.1) is 6.04 Å². The van der Waals surface area contributed by atoms with E-state index in [1.54, 1.807) is 11.3 Å². The summed E-state index contributed by atoms with van der Waals surface area (Å²) >= 11 is 1.77. The summed E-state index contributed by atoms with van der Waals surface area (Å²) in [5, 5.41) is 3.38. The Kier molecular flexibility index (Phi) is 3.84. The van der Waals surface area contributed by atoms with E-state index in [4.69, 9.17) is 0 Å². The van der Waals surface area contributed by atoms with Crippen LogP contribution in [0.4, 0.5) is 0 Å². The van der Waals surface area contributed by atoms with Gasteiger partial charge in [-0.1, -0.05) is 13.3 Å². The number of nitrogens with one attached hydrogen (secondary N) is 1. The van der Waals surface area contributed by atoms with E-state index < -0.39 is 0 Å². The highest BCUT2D eigenvalue weighted by Gasteiger charge is 2.37. The monoisotopic (exact) mass is 252 g/mol. The Morgan fingerprint density at radius 3 is 2.82 bits per heavy atom. The van der Waals surface area contributed by atoms with Crippen LogP contribution in [-0.2, 0) is 4.79 Å². The summed E-state index contributed by atoms with van der Waals surface area (Å²) in [7, 11) is 0. The normalized spacial score (nSPS) is 24.6. The van der Waals surface area contributed by atoms with Gasteiger partial charge in [0.25, 0.3) is 0 Å². The van der Waals surface area contributed by atoms with Gasteiger partial charge in [0.1, 0.15) is 6.17 Å². The van der Waals surface area contributed by atoms with Gasteiger partial charge in [0.15, 0.2) is 0 Å². The molecule has 1 saturated heterocycles. The first-order valence-electron chi connectivity index (χ1n) is 6.26. The summed E-state index contributed by atoms with van der Waals surface area (Å²) in [6, 6.07) is 4.19. The zero-order chi connectivity index (χ0) is 12.4. The van der Waals surface area contributed by atoms with Crippen molar-refractivity contribution in [2.75, 3.05) is 6.54 Å². The molecule has 4 heteroatoms. The summed E-state index contributed by atoms with van der Waals surface area (Å²) in [4.78, 5) is 16.6. The molecule has 2 rings (SSSR count). The molecule has 3 nitrogen and oxygen atoms in total. The maximum Gasteiger partial charge on any atom is 0.241 e. The van der Waals surface area contributed by atoms with Gasteiger partial charge in [-0.05, 0) is 32.4 Å². The number of rotatable bonds is 4. The number of aryl methyl sites for hydroxylation is 1. The third-order valence-corrected chi connectivity index (χ3v) is 4.21. The minimum Gasteiger partial charge on any atom is -0.321 e. The van der Waals surface area contributed by atoms with E-state index in [-0.39, 0.29) is 18.1 Å². The van der Waals surface area contributed by atoms with Crippen LogP contribution in [0.2, 0.25) is 0 Å². The van der Waals surface area contributed by atoms with Crippen LogP contribution >= 0.6 is 11.3 Å². The van der Waals surface area contributed by atoms with E-state index in [1.165, 1.54) is 9.75 Å². The molecule has 1 fully saturated rings. The Bertz CT molecular complexity index is 402. The third kappa shape index (κ3) is 2.53. The van der Waals surface area contributed by atoms with Gasteiger partial charge in [0, 0.05) is 16.3 Å². The standard InChI is InChI=1S/C13H20N2OS/c1-4-5-8-15-12(14-10(3)13(15)16)11-7-6-9(2)17-11/h6-7,10,12,14H,4-5,8H2,1-3H3. The summed E-state index contributed by atoms with van der Waals surface area (Å²) in [5.41, 5.74) is 0. The van der Waals surface area contributed by atoms with Crippen molar-refractivity contribution in [1.29, 1.82) is 0 Å². The quantitative estimate of drug-likeness (QED) is 0.893. The van der Waals surface area contributed by atoms with Crippen LogP contribution in [0.1, 0.15) is 42.6 Å². The highest BCUT2D eigenvalue weighted by molar-refractivity contribution is 7.12. The Morgan fingerprint density at radius 1 is 1.47 bits per heavy atom. The Labute approximate surface area is 107 Å². The lowest BCUT2D eigenvalue weighted by Crippen LogP contribution is -2.31.